The number of nitrogens with zero attached hydrogens (tertiary/aromatic N) is 2. The molecular formula is C14H16N4O. The van der Waals surface area contributed by atoms with Crippen molar-refractivity contribution in [2.75, 3.05) is 6.54 Å². The summed E-state index contributed by atoms with van der Waals surface area (Å²) in [7, 11) is 0. The molecular weight excluding hydrogens is 240 g/mol. The third kappa shape index (κ3) is 1.81. The summed E-state index contributed by atoms with van der Waals surface area (Å²) in [6.45, 7) is 1.11. The van der Waals surface area contributed by atoms with E-state index in [9.17, 15) is 4.79 Å². The SMILES string of the molecule is O=C(N[C@@H]1C[C@H]2CN[C@@H]1C2)c1ccn2ccnc2c1. The monoisotopic (exact) mass is 256 g/mol. The molecule has 1 saturated heterocycles. The predicted molar refractivity (Wildman–Crippen MR) is 71.0 cm³/mol. The van der Waals surface area contributed by atoms with Gasteiger partial charge >= 0.3 is 0 Å². The minimum Gasteiger partial charge on any atom is -0.348 e. The van der Waals surface area contributed by atoms with Gasteiger partial charge in [-0.25, -0.2) is 4.98 Å². The first-order chi connectivity index (χ1) is 9.29. The highest BCUT2D eigenvalue weighted by atomic mass is 16.1. The zero-order valence-electron chi connectivity index (χ0n) is 10.5. The van der Waals surface area contributed by atoms with Gasteiger partial charge in [0.2, 0.25) is 0 Å². The molecule has 2 fully saturated rings. The van der Waals surface area contributed by atoms with E-state index in [4.69, 9.17) is 0 Å². The number of nitrogens with one attached hydrogen (secondary N) is 2. The van der Waals surface area contributed by atoms with Gasteiger partial charge in [0.15, 0.2) is 0 Å². The fourth-order valence-corrected chi connectivity index (χ4v) is 3.32. The maximum Gasteiger partial charge on any atom is 0.251 e. The third-order valence-corrected chi connectivity index (χ3v) is 4.31. The normalized spacial score (nSPS) is 28.9. The Hall–Kier alpha value is -1.88. The number of rotatable bonds is 2. The Morgan fingerprint density at radius 3 is 3.16 bits per heavy atom. The molecule has 2 N–H and O–H groups in total. The molecule has 0 unspecified atom stereocenters. The number of pyridine rings is 1. The van der Waals surface area contributed by atoms with Crippen LogP contribution in [0.2, 0.25) is 0 Å². The highest BCUT2D eigenvalue weighted by Crippen LogP contribution is 2.31. The summed E-state index contributed by atoms with van der Waals surface area (Å²) in [5, 5.41) is 6.60. The van der Waals surface area contributed by atoms with Gasteiger partial charge in [0.05, 0.1) is 0 Å². The van der Waals surface area contributed by atoms with Crippen molar-refractivity contribution in [2.45, 2.75) is 24.9 Å². The molecule has 1 amide bonds. The van der Waals surface area contributed by atoms with E-state index in [1.807, 2.05) is 28.9 Å². The number of hydrogen-bond acceptors (Lipinski definition) is 3. The molecule has 0 spiro atoms. The first-order valence-electron chi connectivity index (χ1n) is 6.76. The van der Waals surface area contributed by atoms with E-state index in [0.29, 0.717) is 11.6 Å². The van der Waals surface area contributed by atoms with Crippen molar-refractivity contribution >= 4 is 11.6 Å². The highest BCUT2D eigenvalue weighted by Gasteiger charge is 2.39. The molecule has 98 valence electrons. The van der Waals surface area contributed by atoms with Crippen molar-refractivity contribution in [2.24, 2.45) is 5.92 Å². The van der Waals surface area contributed by atoms with Gasteiger partial charge in [0.1, 0.15) is 5.65 Å². The molecule has 4 rings (SSSR count). The van der Waals surface area contributed by atoms with Gasteiger partial charge in [0, 0.05) is 36.2 Å². The average molecular weight is 256 g/mol. The average Bonchev–Trinajstić information content (AvgIpc) is 3.13. The molecule has 3 heterocycles. The molecule has 2 bridgehead atoms. The van der Waals surface area contributed by atoms with Gasteiger partial charge in [-0.05, 0) is 37.4 Å². The van der Waals surface area contributed by atoms with Crippen molar-refractivity contribution in [3.63, 3.8) is 0 Å². The molecule has 3 atom stereocenters. The standard InChI is InChI=1S/C14H16N4O/c19-14(17-12-6-9-5-11(12)16-8-9)10-1-3-18-4-2-15-13(18)7-10/h1-4,7,9,11-12,16H,5-6,8H2,(H,17,19)/t9-,11+,12+/m0/s1. The van der Waals surface area contributed by atoms with Crippen molar-refractivity contribution in [3.8, 4) is 0 Å². The van der Waals surface area contributed by atoms with E-state index in [2.05, 4.69) is 15.6 Å². The van der Waals surface area contributed by atoms with Crippen molar-refractivity contribution in [1.29, 1.82) is 0 Å². The fraction of sp³-hybridized carbons (Fsp3) is 0.429. The second-order valence-electron chi connectivity index (χ2n) is 5.54. The number of carbonyl (C=O) groups is 1. The van der Waals surface area contributed by atoms with E-state index in [1.165, 1.54) is 6.42 Å². The fourth-order valence-electron chi connectivity index (χ4n) is 3.32. The minimum absolute atomic E-state index is 0.00449. The Balaban J connectivity index is 1.53. The van der Waals surface area contributed by atoms with Crippen LogP contribution >= 0.6 is 0 Å². The molecule has 5 nitrogen and oxygen atoms in total. The Bertz CT molecular complexity index is 635. The minimum atomic E-state index is 0.00449. The van der Waals surface area contributed by atoms with Crippen LogP contribution in [0.25, 0.3) is 5.65 Å². The van der Waals surface area contributed by atoms with Gasteiger partial charge < -0.3 is 15.0 Å². The highest BCUT2D eigenvalue weighted by molar-refractivity contribution is 5.95. The molecule has 1 aliphatic carbocycles. The molecule has 2 aromatic rings. The smallest absolute Gasteiger partial charge is 0.251 e. The summed E-state index contributed by atoms with van der Waals surface area (Å²) in [6, 6.07) is 4.41. The Labute approximate surface area is 111 Å². The van der Waals surface area contributed by atoms with Crippen LogP contribution in [0.5, 0.6) is 0 Å². The lowest BCUT2D eigenvalue weighted by molar-refractivity contribution is 0.0928. The van der Waals surface area contributed by atoms with Crippen LogP contribution in [-0.2, 0) is 0 Å². The van der Waals surface area contributed by atoms with Gasteiger partial charge in [0.25, 0.3) is 5.91 Å². The number of carbonyl (C=O) groups excluding carboxylic acids is 1. The van der Waals surface area contributed by atoms with Crippen LogP contribution in [0.1, 0.15) is 23.2 Å². The van der Waals surface area contributed by atoms with Crippen LogP contribution < -0.4 is 10.6 Å². The summed E-state index contributed by atoms with van der Waals surface area (Å²) >= 11 is 0. The Kier molecular flexibility index (Phi) is 2.35. The summed E-state index contributed by atoms with van der Waals surface area (Å²) in [5.41, 5.74) is 1.49. The quantitative estimate of drug-likeness (QED) is 0.836. The maximum absolute atomic E-state index is 12.3. The van der Waals surface area contributed by atoms with E-state index in [-0.39, 0.29) is 11.9 Å². The lowest BCUT2D eigenvalue weighted by Gasteiger charge is -2.23. The summed E-state index contributed by atoms with van der Waals surface area (Å²) < 4.78 is 1.90. The lowest BCUT2D eigenvalue weighted by atomic mass is 10.1. The first-order valence-corrected chi connectivity index (χ1v) is 6.76. The molecule has 5 heteroatoms. The molecule has 2 aliphatic rings. The second kappa shape index (κ2) is 4.06. The Morgan fingerprint density at radius 1 is 1.42 bits per heavy atom. The van der Waals surface area contributed by atoms with Crippen LogP contribution in [0.4, 0.5) is 0 Å². The summed E-state index contributed by atoms with van der Waals surface area (Å²) in [5.74, 6) is 0.745. The van der Waals surface area contributed by atoms with Crippen LogP contribution in [0.3, 0.4) is 0 Å². The van der Waals surface area contributed by atoms with E-state index in [0.717, 1.165) is 24.5 Å². The molecule has 19 heavy (non-hydrogen) atoms. The van der Waals surface area contributed by atoms with Crippen LogP contribution in [0, 0.1) is 5.92 Å². The Morgan fingerprint density at radius 2 is 2.37 bits per heavy atom. The number of amides is 1. The largest absolute Gasteiger partial charge is 0.348 e. The second-order valence-corrected chi connectivity index (χ2v) is 5.54. The van der Waals surface area contributed by atoms with E-state index >= 15 is 0 Å². The number of imidazole rings is 1. The molecule has 0 aromatic carbocycles. The number of aromatic nitrogens is 2. The predicted octanol–water partition coefficient (Wildman–Crippen LogP) is 0.814. The third-order valence-electron chi connectivity index (χ3n) is 4.31. The van der Waals surface area contributed by atoms with Gasteiger partial charge in [-0.1, -0.05) is 0 Å². The van der Waals surface area contributed by atoms with Crippen molar-refractivity contribution in [3.05, 3.63) is 36.3 Å². The van der Waals surface area contributed by atoms with Crippen LogP contribution in [-0.4, -0.2) is 33.9 Å². The number of piperidine rings is 1. The van der Waals surface area contributed by atoms with Gasteiger partial charge in [-0.2, -0.15) is 0 Å². The lowest BCUT2D eigenvalue weighted by Crippen LogP contribution is -2.47. The topological polar surface area (TPSA) is 58.4 Å². The molecule has 1 saturated carbocycles. The van der Waals surface area contributed by atoms with E-state index in [1.54, 1.807) is 6.20 Å². The first kappa shape index (κ1) is 11.0. The summed E-state index contributed by atoms with van der Waals surface area (Å²) in [4.78, 5) is 16.5. The van der Waals surface area contributed by atoms with Crippen LogP contribution in [0.15, 0.2) is 30.7 Å². The zero-order chi connectivity index (χ0) is 12.8. The maximum atomic E-state index is 12.3. The molecule has 1 aliphatic heterocycles. The molecule has 0 radical (unpaired) electrons. The van der Waals surface area contributed by atoms with E-state index < -0.39 is 0 Å². The number of fused-ring (bicyclic) bond motifs is 3. The summed E-state index contributed by atoms with van der Waals surface area (Å²) in [6.07, 6.45) is 7.78. The van der Waals surface area contributed by atoms with Crippen molar-refractivity contribution < 1.29 is 4.79 Å². The molecule has 2 aromatic heterocycles. The zero-order valence-corrected chi connectivity index (χ0v) is 10.5. The van der Waals surface area contributed by atoms with Crippen molar-refractivity contribution in [1.82, 2.24) is 20.0 Å². The number of hydrogen-bond donors (Lipinski definition) is 2. The van der Waals surface area contributed by atoms with Gasteiger partial charge in [-0.3, -0.25) is 4.79 Å². The van der Waals surface area contributed by atoms with Gasteiger partial charge in [-0.15, -0.1) is 0 Å².